The molecule has 0 spiro atoms. The summed E-state index contributed by atoms with van der Waals surface area (Å²) in [4.78, 5) is 0. The van der Waals surface area contributed by atoms with Crippen molar-refractivity contribution in [3.63, 3.8) is 0 Å². The van der Waals surface area contributed by atoms with E-state index in [2.05, 4.69) is 13.8 Å². The number of halogens is 4. The second kappa shape index (κ2) is 26.5. The first-order chi connectivity index (χ1) is 29.8. The van der Waals surface area contributed by atoms with Crippen LogP contribution < -0.4 is 0 Å². The van der Waals surface area contributed by atoms with Crippen LogP contribution >= 0.6 is 11.8 Å². The number of hydrogen-bond donors (Lipinski definition) is 0. The second-order valence-corrected chi connectivity index (χ2v) is 22.3. The molecular weight excluding hydrogens is 781 g/mol. The van der Waals surface area contributed by atoms with Crippen molar-refractivity contribution in [2.75, 3.05) is 0 Å². The van der Waals surface area contributed by atoms with E-state index in [-0.39, 0.29) is 11.8 Å². The third-order valence-electron chi connectivity index (χ3n) is 16.7. The highest BCUT2D eigenvalue weighted by molar-refractivity contribution is 8.01. The SMILES string of the molecule is CCCCCCCCCC1CCC(C2CCC(C=C3C(F)=C(F)C=CC3SC3C=CC(F)=C(F)C3=CC3CCC(C4CCC(CCCCCCCCC)CC4)CC3)CC2)CC1. The Kier molecular flexibility index (Phi) is 21.2. The van der Waals surface area contributed by atoms with Gasteiger partial charge in [-0.2, -0.15) is 0 Å². The summed E-state index contributed by atoms with van der Waals surface area (Å²) in [5, 5.41) is -0.903. The molecule has 2 unspecified atom stereocenters. The first-order valence-corrected chi connectivity index (χ1v) is 27.3. The summed E-state index contributed by atoms with van der Waals surface area (Å²) < 4.78 is 61.1. The quantitative estimate of drug-likeness (QED) is 0.0772. The average molecular weight is 867 g/mol. The van der Waals surface area contributed by atoms with E-state index in [0.717, 1.165) is 61.2 Å². The molecule has 6 aliphatic carbocycles. The molecule has 0 nitrogen and oxygen atoms in total. The van der Waals surface area contributed by atoms with Gasteiger partial charge in [0, 0.05) is 11.1 Å². The molecule has 344 valence electrons. The Morgan fingerprint density at radius 3 is 1.08 bits per heavy atom. The van der Waals surface area contributed by atoms with Crippen LogP contribution in [-0.2, 0) is 0 Å². The second-order valence-electron chi connectivity index (χ2n) is 21.0. The van der Waals surface area contributed by atoms with Crippen LogP contribution in [-0.4, -0.2) is 10.5 Å². The highest BCUT2D eigenvalue weighted by Crippen LogP contribution is 2.48. The summed E-state index contributed by atoms with van der Waals surface area (Å²) in [6, 6.07) is 0. The van der Waals surface area contributed by atoms with E-state index in [1.807, 2.05) is 12.2 Å². The lowest BCUT2D eigenvalue weighted by Gasteiger charge is -2.38. The highest BCUT2D eigenvalue weighted by atomic mass is 32.2. The molecule has 0 amide bonds. The number of rotatable bonds is 22. The Hall–Kier alpha value is -1.49. The van der Waals surface area contributed by atoms with E-state index in [1.165, 1.54) is 204 Å². The first kappa shape index (κ1) is 49.0. The summed E-state index contributed by atoms with van der Waals surface area (Å²) in [6.45, 7) is 4.57. The zero-order chi connectivity index (χ0) is 42.8. The minimum absolute atomic E-state index is 0.217. The van der Waals surface area contributed by atoms with Gasteiger partial charge in [0.2, 0.25) is 0 Å². The van der Waals surface area contributed by atoms with Gasteiger partial charge in [-0.15, -0.1) is 11.8 Å². The predicted molar refractivity (Wildman–Crippen MR) is 255 cm³/mol. The van der Waals surface area contributed by atoms with Crippen LogP contribution in [0.3, 0.4) is 0 Å². The maximum atomic E-state index is 15.7. The van der Waals surface area contributed by atoms with Gasteiger partial charge in [-0.05, 0) is 137 Å². The predicted octanol–water partition coefficient (Wildman–Crippen LogP) is 19.3. The van der Waals surface area contributed by atoms with Gasteiger partial charge in [-0.3, -0.25) is 0 Å². The summed E-state index contributed by atoms with van der Waals surface area (Å²) in [5.41, 5.74) is 0.778. The fourth-order valence-corrected chi connectivity index (χ4v) is 14.0. The molecule has 61 heavy (non-hydrogen) atoms. The minimum atomic E-state index is -0.824. The Morgan fingerprint density at radius 2 is 0.738 bits per heavy atom. The zero-order valence-electron chi connectivity index (χ0n) is 38.8. The molecule has 0 aromatic carbocycles. The van der Waals surface area contributed by atoms with Crippen LogP contribution in [0, 0.1) is 47.3 Å². The maximum Gasteiger partial charge on any atom is 0.163 e. The van der Waals surface area contributed by atoms with E-state index in [4.69, 9.17) is 0 Å². The van der Waals surface area contributed by atoms with E-state index < -0.39 is 33.8 Å². The van der Waals surface area contributed by atoms with E-state index in [0.29, 0.717) is 11.1 Å². The molecule has 2 atom stereocenters. The standard InChI is InChI=1S/C56H86F4S/c1-3-5-7-9-11-13-15-17-41-19-27-45(28-20-41)47-31-23-43(24-32-47)39-49-53(37-35-51(57)55(49)59)61-54-38-36-52(58)56(60)50(54)40-44-25-33-48(34-26-44)46-29-21-42(22-30-46)18-16-14-12-10-8-6-4-2/h35-48,53-54H,3-34H2,1-2H3. The van der Waals surface area contributed by atoms with E-state index >= 15 is 8.78 Å². The molecule has 6 aliphatic rings. The van der Waals surface area contributed by atoms with Crippen LogP contribution in [0.5, 0.6) is 0 Å². The Labute approximate surface area is 375 Å². The van der Waals surface area contributed by atoms with Gasteiger partial charge in [-0.25, -0.2) is 17.6 Å². The van der Waals surface area contributed by atoms with Crippen LogP contribution in [0.4, 0.5) is 17.6 Å². The Morgan fingerprint density at radius 1 is 0.426 bits per heavy atom. The van der Waals surface area contributed by atoms with Gasteiger partial charge in [0.1, 0.15) is 0 Å². The van der Waals surface area contributed by atoms with Crippen molar-refractivity contribution >= 4 is 11.8 Å². The van der Waals surface area contributed by atoms with Crippen molar-refractivity contribution in [3.05, 3.63) is 70.9 Å². The Balaban J connectivity index is 0.954. The molecule has 0 aliphatic heterocycles. The molecule has 0 heterocycles. The van der Waals surface area contributed by atoms with E-state index in [9.17, 15) is 8.78 Å². The average Bonchev–Trinajstić information content (AvgIpc) is 3.29. The smallest absolute Gasteiger partial charge is 0.163 e. The molecule has 0 aromatic rings. The van der Waals surface area contributed by atoms with Gasteiger partial charge in [-0.1, -0.05) is 167 Å². The zero-order valence-corrected chi connectivity index (χ0v) is 39.6. The lowest BCUT2D eigenvalue weighted by Crippen LogP contribution is -2.26. The maximum absolute atomic E-state index is 15.7. The van der Waals surface area contributed by atoms with Crippen molar-refractivity contribution in [2.24, 2.45) is 47.3 Å². The van der Waals surface area contributed by atoms with Crippen molar-refractivity contribution in [1.82, 2.24) is 0 Å². The molecule has 0 aromatic heterocycles. The number of allylic oxidation sites excluding steroid dienone is 8. The molecule has 4 saturated carbocycles. The minimum Gasteiger partial charge on any atom is -0.204 e. The topological polar surface area (TPSA) is 0 Å². The molecule has 0 radical (unpaired) electrons. The highest BCUT2D eigenvalue weighted by Gasteiger charge is 2.35. The summed E-state index contributed by atoms with van der Waals surface area (Å²) in [7, 11) is 0. The Bertz CT molecular complexity index is 1360. The van der Waals surface area contributed by atoms with E-state index in [1.54, 1.807) is 12.2 Å². The summed E-state index contributed by atoms with van der Waals surface area (Å²) in [5.74, 6) is 2.21. The van der Waals surface area contributed by atoms with Crippen LogP contribution in [0.1, 0.15) is 219 Å². The fraction of sp³-hybridized carbons (Fsp3) is 0.786. The molecule has 0 saturated heterocycles. The van der Waals surface area contributed by atoms with Crippen LogP contribution in [0.2, 0.25) is 0 Å². The van der Waals surface area contributed by atoms with Gasteiger partial charge in [0.05, 0.1) is 10.5 Å². The van der Waals surface area contributed by atoms with Gasteiger partial charge in [0.15, 0.2) is 23.3 Å². The first-order valence-electron chi connectivity index (χ1n) is 26.4. The lowest BCUT2D eigenvalue weighted by molar-refractivity contribution is 0.151. The van der Waals surface area contributed by atoms with Crippen molar-refractivity contribution < 1.29 is 17.6 Å². The van der Waals surface area contributed by atoms with Crippen LogP contribution in [0.15, 0.2) is 70.9 Å². The van der Waals surface area contributed by atoms with Gasteiger partial charge >= 0.3 is 0 Å². The molecule has 6 rings (SSSR count). The molecular formula is C56H86F4S. The third kappa shape index (κ3) is 15.3. The molecule has 4 fully saturated rings. The lowest BCUT2D eigenvalue weighted by atomic mass is 9.68. The van der Waals surface area contributed by atoms with Crippen molar-refractivity contribution in [1.29, 1.82) is 0 Å². The van der Waals surface area contributed by atoms with Crippen molar-refractivity contribution in [2.45, 2.75) is 230 Å². The van der Waals surface area contributed by atoms with Crippen molar-refractivity contribution in [3.8, 4) is 0 Å². The number of hydrogen-bond acceptors (Lipinski definition) is 1. The number of unbranched alkanes of at least 4 members (excludes halogenated alkanes) is 12. The van der Waals surface area contributed by atoms with Gasteiger partial charge in [0.25, 0.3) is 0 Å². The third-order valence-corrected chi connectivity index (χ3v) is 18.1. The van der Waals surface area contributed by atoms with Gasteiger partial charge < -0.3 is 0 Å². The summed E-state index contributed by atoms with van der Waals surface area (Å²) >= 11 is 1.42. The van der Waals surface area contributed by atoms with Crippen LogP contribution in [0.25, 0.3) is 0 Å². The fourth-order valence-electron chi connectivity index (χ4n) is 12.7. The molecule has 0 bridgehead atoms. The normalized spacial score (nSPS) is 33.9. The number of thioether (sulfide) groups is 1. The largest absolute Gasteiger partial charge is 0.204 e. The molecule has 0 N–H and O–H groups in total. The summed E-state index contributed by atoms with van der Waals surface area (Å²) in [6.07, 6.45) is 52.0. The molecule has 5 heteroatoms. The monoisotopic (exact) mass is 867 g/mol.